The van der Waals surface area contributed by atoms with Gasteiger partial charge >= 0.3 is 0 Å². The minimum Gasteiger partial charge on any atom is -0.497 e. The Balaban J connectivity index is 1.88. The zero-order chi connectivity index (χ0) is 16.2. The molecule has 1 aliphatic rings. The molecule has 1 unspecified atom stereocenters. The maximum absolute atomic E-state index is 12.1. The number of hydrogen-bond donors (Lipinski definition) is 0. The first-order valence-corrected chi connectivity index (χ1v) is 7.90. The van der Waals surface area contributed by atoms with Crippen LogP contribution in [0.15, 0.2) is 24.3 Å². The fourth-order valence-electron chi connectivity index (χ4n) is 2.66. The van der Waals surface area contributed by atoms with Crippen molar-refractivity contribution in [3.63, 3.8) is 0 Å². The lowest BCUT2D eigenvalue weighted by Crippen LogP contribution is -2.43. The topological polar surface area (TPSA) is 38.8 Å². The average molecular weight is 305 g/mol. The van der Waals surface area contributed by atoms with E-state index in [4.69, 9.17) is 9.47 Å². The Kier molecular flexibility index (Phi) is 5.59. The molecule has 1 aromatic carbocycles. The third kappa shape index (κ3) is 4.82. The van der Waals surface area contributed by atoms with Crippen LogP contribution in [0.4, 0.5) is 0 Å². The summed E-state index contributed by atoms with van der Waals surface area (Å²) in [5.41, 5.74) is 1.13. The van der Waals surface area contributed by atoms with E-state index in [0.717, 1.165) is 24.3 Å². The normalized spacial score (nSPS) is 20.7. The SMILES string of the molecule is COc1ccc(COC2CCN(C(C)(C)C)CC(=O)C2)cc1. The van der Waals surface area contributed by atoms with Gasteiger partial charge in [0.05, 0.1) is 26.4 Å². The lowest BCUT2D eigenvalue weighted by molar-refractivity contribution is -0.122. The number of rotatable bonds is 4. The molecule has 2 rings (SSSR count). The molecule has 22 heavy (non-hydrogen) atoms. The van der Waals surface area contributed by atoms with Gasteiger partial charge in [0, 0.05) is 18.5 Å². The van der Waals surface area contributed by atoms with Crippen molar-refractivity contribution < 1.29 is 14.3 Å². The van der Waals surface area contributed by atoms with Crippen LogP contribution in [0.5, 0.6) is 5.75 Å². The molecule has 0 saturated carbocycles. The van der Waals surface area contributed by atoms with Crippen molar-refractivity contribution in [3.8, 4) is 5.75 Å². The number of methoxy groups -OCH3 is 1. The molecule has 0 aliphatic carbocycles. The Labute approximate surface area is 133 Å². The van der Waals surface area contributed by atoms with E-state index in [9.17, 15) is 4.79 Å². The number of nitrogens with zero attached hydrogens (tertiary/aromatic N) is 1. The highest BCUT2D eigenvalue weighted by Crippen LogP contribution is 2.21. The number of carbonyl (C=O) groups is 1. The summed E-state index contributed by atoms with van der Waals surface area (Å²) < 4.78 is 11.1. The molecule has 1 fully saturated rings. The summed E-state index contributed by atoms with van der Waals surface area (Å²) >= 11 is 0. The van der Waals surface area contributed by atoms with Crippen molar-refractivity contribution in [2.75, 3.05) is 20.2 Å². The summed E-state index contributed by atoms with van der Waals surface area (Å²) in [6, 6.07) is 7.86. The second-order valence-electron chi connectivity index (χ2n) is 6.90. The summed E-state index contributed by atoms with van der Waals surface area (Å²) in [7, 11) is 1.66. The van der Waals surface area contributed by atoms with E-state index in [0.29, 0.717) is 19.6 Å². The Bertz CT molecular complexity index is 490. The first-order chi connectivity index (χ1) is 10.4. The first-order valence-electron chi connectivity index (χ1n) is 7.90. The van der Waals surface area contributed by atoms with Crippen LogP contribution in [0.1, 0.15) is 39.2 Å². The van der Waals surface area contributed by atoms with Gasteiger partial charge < -0.3 is 9.47 Å². The smallest absolute Gasteiger partial charge is 0.149 e. The maximum Gasteiger partial charge on any atom is 0.149 e. The summed E-state index contributed by atoms with van der Waals surface area (Å²) in [5, 5.41) is 0. The van der Waals surface area contributed by atoms with Crippen molar-refractivity contribution >= 4 is 5.78 Å². The molecule has 0 aromatic heterocycles. The molecule has 122 valence electrons. The van der Waals surface area contributed by atoms with Crippen LogP contribution in [-0.2, 0) is 16.1 Å². The van der Waals surface area contributed by atoms with Crippen molar-refractivity contribution in [3.05, 3.63) is 29.8 Å². The quantitative estimate of drug-likeness (QED) is 0.857. The van der Waals surface area contributed by atoms with Crippen molar-refractivity contribution in [2.24, 2.45) is 0 Å². The summed E-state index contributed by atoms with van der Waals surface area (Å²) in [5.74, 6) is 1.11. The lowest BCUT2D eigenvalue weighted by Gasteiger charge is -2.34. The standard InChI is InChI=1S/C18H27NO3/c1-18(2,3)19-10-9-17(11-15(20)12-19)22-13-14-5-7-16(21-4)8-6-14/h5-8,17H,9-13H2,1-4H3. The van der Waals surface area contributed by atoms with Crippen LogP contribution in [0.2, 0.25) is 0 Å². The lowest BCUT2D eigenvalue weighted by atomic mass is 10.1. The zero-order valence-electron chi connectivity index (χ0n) is 14.1. The van der Waals surface area contributed by atoms with Gasteiger partial charge in [0.2, 0.25) is 0 Å². The number of carbonyl (C=O) groups excluding carboxylic acids is 1. The molecule has 0 N–H and O–H groups in total. The van der Waals surface area contributed by atoms with E-state index in [2.05, 4.69) is 25.7 Å². The van der Waals surface area contributed by atoms with Gasteiger partial charge in [-0.3, -0.25) is 9.69 Å². The minimum absolute atomic E-state index is 0.0157. The Hall–Kier alpha value is -1.39. The van der Waals surface area contributed by atoms with Crippen LogP contribution in [-0.4, -0.2) is 42.5 Å². The summed E-state index contributed by atoms with van der Waals surface area (Å²) in [4.78, 5) is 14.3. The van der Waals surface area contributed by atoms with E-state index in [1.807, 2.05) is 24.3 Å². The molecular weight excluding hydrogens is 278 g/mol. The van der Waals surface area contributed by atoms with Crippen LogP contribution >= 0.6 is 0 Å². The molecule has 0 amide bonds. The van der Waals surface area contributed by atoms with Crippen molar-refractivity contribution in [2.45, 2.75) is 51.9 Å². The molecule has 1 atom stereocenters. The number of Topliss-reactive ketones (excluding diaryl/α,β-unsaturated/α-hetero) is 1. The van der Waals surface area contributed by atoms with Gasteiger partial charge in [0.15, 0.2) is 0 Å². The van der Waals surface area contributed by atoms with Gasteiger partial charge in [0.25, 0.3) is 0 Å². The Morgan fingerprint density at radius 3 is 2.50 bits per heavy atom. The summed E-state index contributed by atoms with van der Waals surface area (Å²) in [6.07, 6.45) is 1.43. The predicted molar refractivity (Wildman–Crippen MR) is 87.1 cm³/mol. The van der Waals surface area contributed by atoms with Crippen LogP contribution < -0.4 is 4.74 Å². The molecular formula is C18H27NO3. The highest BCUT2D eigenvalue weighted by molar-refractivity contribution is 5.81. The van der Waals surface area contributed by atoms with E-state index in [-0.39, 0.29) is 17.4 Å². The first kappa shape index (κ1) is 17.0. The van der Waals surface area contributed by atoms with Crippen LogP contribution in [0, 0.1) is 0 Å². The third-order valence-corrected chi connectivity index (χ3v) is 4.14. The van der Waals surface area contributed by atoms with E-state index in [1.54, 1.807) is 7.11 Å². The van der Waals surface area contributed by atoms with Crippen LogP contribution in [0.25, 0.3) is 0 Å². The predicted octanol–water partition coefficient (Wildman–Crippen LogP) is 3.04. The number of ketones is 1. The highest BCUT2D eigenvalue weighted by atomic mass is 16.5. The van der Waals surface area contributed by atoms with Gasteiger partial charge in [-0.1, -0.05) is 12.1 Å². The third-order valence-electron chi connectivity index (χ3n) is 4.14. The summed E-state index contributed by atoms with van der Waals surface area (Å²) in [6.45, 7) is 8.43. The minimum atomic E-state index is 0.0157. The van der Waals surface area contributed by atoms with Gasteiger partial charge in [-0.2, -0.15) is 0 Å². The number of ether oxygens (including phenoxy) is 2. The molecule has 1 aliphatic heterocycles. The number of likely N-dealkylation sites (tertiary alicyclic amines) is 1. The fraction of sp³-hybridized carbons (Fsp3) is 0.611. The van der Waals surface area contributed by atoms with E-state index < -0.39 is 0 Å². The van der Waals surface area contributed by atoms with Crippen molar-refractivity contribution in [1.29, 1.82) is 0 Å². The largest absolute Gasteiger partial charge is 0.497 e. The molecule has 0 radical (unpaired) electrons. The van der Waals surface area contributed by atoms with Gasteiger partial charge in [-0.15, -0.1) is 0 Å². The number of hydrogen-bond acceptors (Lipinski definition) is 4. The van der Waals surface area contributed by atoms with Gasteiger partial charge in [0.1, 0.15) is 11.5 Å². The van der Waals surface area contributed by atoms with Gasteiger partial charge in [-0.05, 0) is 44.9 Å². The zero-order valence-corrected chi connectivity index (χ0v) is 14.1. The maximum atomic E-state index is 12.1. The molecule has 4 nitrogen and oxygen atoms in total. The monoisotopic (exact) mass is 305 g/mol. The second-order valence-corrected chi connectivity index (χ2v) is 6.90. The van der Waals surface area contributed by atoms with E-state index >= 15 is 0 Å². The molecule has 1 aromatic rings. The molecule has 0 spiro atoms. The fourth-order valence-corrected chi connectivity index (χ4v) is 2.66. The molecule has 1 saturated heterocycles. The number of benzene rings is 1. The molecule has 1 heterocycles. The van der Waals surface area contributed by atoms with Crippen LogP contribution in [0.3, 0.4) is 0 Å². The Morgan fingerprint density at radius 2 is 1.91 bits per heavy atom. The average Bonchev–Trinajstić information content (AvgIpc) is 2.67. The Morgan fingerprint density at radius 1 is 1.23 bits per heavy atom. The van der Waals surface area contributed by atoms with E-state index in [1.165, 1.54) is 0 Å². The highest BCUT2D eigenvalue weighted by Gasteiger charge is 2.29. The molecule has 0 bridgehead atoms. The second kappa shape index (κ2) is 7.25. The van der Waals surface area contributed by atoms with Gasteiger partial charge in [-0.25, -0.2) is 0 Å². The molecule has 4 heteroatoms. The van der Waals surface area contributed by atoms with Crippen molar-refractivity contribution in [1.82, 2.24) is 4.90 Å².